The number of methoxy groups -OCH3 is 1. The zero-order chi connectivity index (χ0) is 15.2. The van der Waals surface area contributed by atoms with Crippen molar-refractivity contribution in [3.05, 3.63) is 64.2 Å². The van der Waals surface area contributed by atoms with Crippen LogP contribution < -0.4 is 10.1 Å². The van der Waals surface area contributed by atoms with E-state index in [0.717, 1.165) is 11.1 Å². The Bertz CT molecular complexity index is 605. The van der Waals surface area contributed by atoms with Gasteiger partial charge in [0.2, 0.25) is 0 Å². The summed E-state index contributed by atoms with van der Waals surface area (Å²) in [5.74, 6) is 0.705. The summed E-state index contributed by atoms with van der Waals surface area (Å²) >= 11 is 6.14. The Morgan fingerprint density at radius 1 is 1.14 bits per heavy atom. The largest absolute Gasteiger partial charge is 0.496 e. The van der Waals surface area contributed by atoms with Crippen LogP contribution >= 0.6 is 11.6 Å². The standard InChI is InChI=1S/C16H16ClF2NO/c1-21-15-7-3-6-14(17)13(15)10-20-9-11-4-2-5-12(8-11)16(18)19/h2-8,16,20H,9-10H2,1H3. The molecule has 0 aromatic heterocycles. The smallest absolute Gasteiger partial charge is 0.263 e. The predicted octanol–water partition coefficient (Wildman–Crippen LogP) is 4.58. The van der Waals surface area contributed by atoms with Crippen LogP contribution in [0.15, 0.2) is 42.5 Å². The molecule has 2 nitrogen and oxygen atoms in total. The molecule has 0 spiro atoms. The minimum absolute atomic E-state index is 0.0321. The molecule has 0 fully saturated rings. The second kappa shape index (κ2) is 7.38. The van der Waals surface area contributed by atoms with Gasteiger partial charge < -0.3 is 10.1 Å². The molecule has 0 heterocycles. The summed E-state index contributed by atoms with van der Waals surface area (Å²) in [7, 11) is 1.58. The summed E-state index contributed by atoms with van der Waals surface area (Å²) < 4.78 is 30.5. The molecule has 0 aliphatic heterocycles. The van der Waals surface area contributed by atoms with Crippen molar-refractivity contribution in [1.82, 2.24) is 5.32 Å². The molecular formula is C16H16ClF2NO. The summed E-state index contributed by atoms with van der Waals surface area (Å²) in [5.41, 5.74) is 1.69. The van der Waals surface area contributed by atoms with Crippen molar-refractivity contribution in [2.45, 2.75) is 19.5 Å². The number of hydrogen-bond acceptors (Lipinski definition) is 2. The quantitative estimate of drug-likeness (QED) is 0.843. The first-order valence-corrected chi connectivity index (χ1v) is 6.88. The third kappa shape index (κ3) is 4.16. The van der Waals surface area contributed by atoms with Crippen LogP contribution in [0.4, 0.5) is 8.78 Å². The van der Waals surface area contributed by atoms with E-state index in [-0.39, 0.29) is 5.56 Å². The molecule has 0 saturated heterocycles. The van der Waals surface area contributed by atoms with Crippen LogP contribution in [0.5, 0.6) is 5.75 Å². The lowest BCUT2D eigenvalue weighted by Crippen LogP contribution is -2.14. The highest BCUT2D eigenvalue weighted by Gasteiger charge is 2.09. The van der Waals surface area contributed by atoms with Gasteiger partial charge in [0.1, 0.15) is 5.75 Å². The van der Waals surface area contributed by atoms with Crippen LogP contribution in [0.2, 0.25) is 5.02 Å². The number of nitrogens with one attached hydrogen (secondary N) is 1. The van der Waals surface area contributed by atoms with Gasteiger partial charge in [-0.05, 0) is 23.8 Å². The molecular weight excluding hydrogens is 296 g/mol. The predicted molar refractivity (Wildman–Crippen MR) is 79.9 cm³/mol. The molecule has 0 unspecified atom stereocenters. The molecule has 0 radical (unpaired) electrons. The minimum Gasteiger partial charge on any atom is -0.496 e. The molecule has 21 heavy (non-hydrogen) atoms. The first kappa shape index (κ1) is 15.7. The Balaban J connectivity index is 2.00. The molecule has 0 aliphatic carbocycles. The Labute approximate surface area is 127 Å². The van der Waals surface area contributed by atoms with Crippen molar-refractivity contribution >= 4 is 11.6 Å². The molecule has 5 heteroatoms. The van der Waals surface area contributed by atoms with Crippen molar-refractivity contribution in [2.24, 2.45) is 0 Å². The van der Waals surface area contributed by atoms with E-state index in [9.17, 15) is 8.78 Å². The van der Waals surface area contributed by atoms with Crippen LogP contribution in [-0.4, -0.2) is 7.11 Å². The number of halogens is 3. The van der Waals surface area contributed by atoms with E-state index in [4.69, 9.17) is 16.3 Å². The summed E-state index contributed by atoms with van der Waals surface area (Å²) in [6, 6.07) is 11.8. The average molecular weight is 312 g/mol. The molecule has 0 aliphatic rings. The fourth-order valence-electron chi connectivity index (χ4n) is 2.07. The fraction of sp³-hybridized carbons (Fsp3) is 0.250. The lowest BCUT2D eigenvalue weighted by molar-refractivity contribution is 0.151. The van der Waals surface area contributed by atoms with E-state index in [1.54, 1.807) is 19.2 Å². The first-order valence-electron chi connectivity index (χ1n) is 6.51. The SMILES string of the molecule is COc1cccc(Cl)c1CNCc1cccc(C(F)F)c1. The van der Waals surface area contributed by atoms with E-state index >= 15 is 0 Å². The number of hydrogen-bond donors (Lipinski definition) is 1. The van der Waals surface area contributed by atoms with Crippen LogP contribution in [-0.2, 0) is 13.1 Å². The maximum absolute atomic E-state index is 12.6. The van der Waals surface area contributed by atoms with E-state index in [1.807, 2.05) is 18.2 Å². The highest BCUT2D eigenvalue weighted by molar-refractivity contribution is 6.31. The number of alkyl halides is 2. The fourth-order valence-corrected chi connectivity index (χ4v) is 2.30. The molecule has 2 aromatic carbocycles. The molecule has 0 amide bonds. The maximum Gasteiger partial charge on any atom is 0.263 e. The van der Waals surface area contributed by atoms with Crippen LogP contribution in [0.25, 0.3) is 0 Å². The van der Waals surface area contributed by atoms with Gasteiger partial charge in [-0.25, -0.2) is 8.78 Å². The first-order chi connectivity index (χ1) is 10.1. The topological polar surface area (TPSA) is 21.3 Å². The third-order valence-corrected chi connectivity index (χ3v) is 3.48. The van der Waals surface area contributed by atoms with Crippen LogP contribution in [0, 0.1) is 0 Å². The van der Waals surface area contributed by atoms with E-state index in [0.29, 0.717) is 23.9 Å². The minimum atomic E-state index is -2.45. The van der Waals surface area contributed by atoms with Crippen molar-refractivity contribution in [1.29, 1.82) is 0 Å². The van der Waals surface area contributed by atoms with Gasteiger partial charge in [0.25, 0.3) is 6.43 Å². The Morgan fingerprint density at radius 2 is 1.90 bits per heavy atom. The van der Waals surface area contributed by atoms with Crippen LogP contribution in [0.3, 0.4) is 0 Å². The summed E-state index contributed by atoms with van der Waals surface area (Å²) in [6.45, 7) is 0.983. The average Bonchev–Trinajstić information content (AvgIpc) is 2.49. The Kier molecular flexibility index (Phi) is 5.53. The van der Waals surface area contributed by atoms with Crippen molar-refractivity contribution in [2.75, 3.05) is 7.11 Å². The maximum atomic E-state index is 12.6. The summed E-state index contributed by atoms with van der Waals surface area (Å²) in [5, 5.41) is 3.80. The molecule has 2 aromatic rings. The Morgan fingerprint density at radius 3 is 2.62 bits per heavy atom. The summed E-state index contributed by atoms with van der Waals surface area (Å²) in [6.07, 6.45) is -2.45. The number of ether oxygens (including phenoxy) is 1. The molecule has 0 bridgehead atoms. The lowest BCUT2D eigenvalue weighted by Gasteiger charge is -2.12. The van der Waals surface area contributed by atoms with Gasteiger partial charge in [0.05, 0.1) is 7.11 Å². The van der Waals surface area contributed by atoms with Gasteiger partial charge in [-0.3, -0.25) is 0 Å². The highest BCUT2D eigenvalue weighted by atomic mass is 35.5. The van der Waals surface area contributed by atoms with Crippen molar-refractivity contribution < 1.29 is 13.5 Å². The van der Waals surface area contributed by atoms with Crippen molar-refractivity contribution in [3.63, 3.8) is 0 Å². The van der Waals surface area contributed by atoms with Gasteiger partial charge in [0, 0.05) is 29.2 Å². The van der Waals surface area contributed by atoms with E-state index in [1.165, 1.54) is 12.1 Å². The van der Waals surface area contributed by atoms with Gasteiger partial charge in [-0.15, -0.1) is 0 Å². The van der Waals surface area contributed by atoms with E-state index in [2.05, 4.69) is 5.32 Å². The lowest BCUT2D eigenvalue weighted by atomic mass is 10.1. The Hall–Kier alpha value is -1.65. The van der Waals surface area contributed by atoms with Crippen molar-refractivity contribution in [3.8, 4) is 5.75 Å². The van der Waals surface area contributed by atoms with E-state index < -0.39 is 6.43 Å². The normalized spacial score (nSPS) is 10.9. The van der Waals surface area contributed by atoms with Gasteiger partial charge in [-0.1, -0.05) is 35.9 Å². The highest BCUT2D eigenvalue weighted by Crippen LogP contribution is 2.26. The monoisotopic (exact) mass is 311 g/mol. The number of rotatable bonds is 6. The molecule has 112 valence electrons. The molecule has 1 N–H and O–H groups in total. The van der Waals surface area contributed by atoms with Gasteiger partial charge in [0.15, 0.2) is 0 Å². The van der Waals surface area contributed by atoms with Gasteiger partial charge >= 0.3 is 0 Å². The zero-order valence-corrected chi connectivity index (χ0v) is 12.3. The van der Waals surface area contributed by atoms with Crippen LogP contribution in [0.1, 0.15) is 23.1 Å². The third-order valence-electron chi connectivity index (χ3n) is 3.13. The second-order valence-corrected chi connectivity index (χ2v) is 4.98. The number of benzene rings is 2. The molecule has 0 saturated carbocycles. The second-order valence-electron chi connectivity index (χ2n) is 4.57. The summed E-state index contributed by atoms with van der Waals surface area (Å²) in [4.78, 5) is 0. The molecule has 0 atom stereocenters. The molecule has 2 rings (SSSR count). The van der Waals surface area contributed by atoms with Gasteiger partial charge in [-0.2, -0.15) is 0 Å². The zero-order valence-electron chi connectivity index (χ0n) is 11.6.